The molecule has 5 nitrogen and oxygen atoms in total. The van der Waals surface area contributed by atoms with Crippen molar-refractivity contribution in [1.82, 2.24) is 4.90 Å². The van der Waals surface area contributed by atoms with E-state index >= 15 is 0 Å². The molecule has 0 radical (unpaired) electrons. The van der Waals surface area contributed by atoms with Crippen molar-refractivity contribution in [2.45, 2.75) is 29.1 Å². The topological polar surface area (TPSA) is 66.5 Å². The number of nitrogens with one attached hydrogen (secondary N) is 1. The fraction of sp³-hybridized carbons (Fsp3) is 0.316. The van der Waals surface area contributed by atoms with Crippen molar-refractivity contribution in [2.24, 2.45) is 0 Å². The number of nitrogens with zero attached hydrogens (tertiary/aromatic N) is 1. The first kappa shape index (κ1) is 21.3. The Morgan fingerprint density at radius 3 is 2.43 bits per heavy atom. The molecule has 150 valence electrons. The van der Waals surface area contributed by atoms with E-state index in [9.17, 15) is 13.2 Å². The SMILES string of the molecule is CSc1ccc(S(=O)(=O)Nc2ccc(Cl)cc2Cl)cc1C(=O)N1CCCCC1. The van der Waals surface area contributed by atoms with Crippen LogP contribution in [-0.2, 0) is 10.0 Å². The second kappa shape index (κ2) is 8.95. The summed E-state index contributed by atoms with van der Waals surface area (Å²) in [7, 11) is -3.92. The largest absolute Gasteiger partial charge is 0.339 e. The molecule has 0 aromatic heterocycles. The minimum Gasteiger partial charge on any atom is -0.339 e. The van der Waals surface area contributed by atoms with E-state index in [2.05, 4.69) is 4.72 Å². The lowest BCUT2D eigenvalue weighted by Gasteiger charge is -2.27. The molecule has 1 saturated heterocycles. The van der Waals surface area contributed by atoms with Crippen molar-refractivity contribution in [2.75, 3.05) is 24.1 Å². The first-order chi connectivity index (χ1) is 13.3. The van der Waals surface area contributed by atoms with Gasteiger partial charge in [-0.25, -0.2) is 8.42 Å². The molecule has 0 atom stereocenters. The van der Waals surface area contributed by atoms with Gasteiger partial charge in [0.25, 0.3) is 15.9 Å². The Morgan fingerprint density at radius 1 is 1.07 bits per heavy atom. The summed E-state index contributed by atoms with van der Waals surface area (Å²) in [5.74, 6) is -0.134. The van der Waals surface area contributed by atoms with E-state index < -0.39 is 10.0 Å². The summed E-state index contributed by atoms with van der Waals surface area (Å²) in [4.78, 5) is 15.5. The van der Waals surface area contributed by atoms with Gasteiger partial charge in [-0.05, 0) is 61.9 Å². The lowest BCUT2D eigenvalue weighted by molar-refractivity contribution is 0.0720. The summed E-state index contributed by atoms with van der Waals surface area (Å²) in [6, 6.07) is 9.11. The molecule has 1 fully saturated rings. The molecule has 0 saturated carbocycles. The molecule has 9 heteroatoms. The number of hydrogen-bond donors (Lipinski definition) is 1. The molecule has 1 N–H and O–H groups in total. The predicted octanol–water partition coefficient (Wildman–Crippen LogP) is 5.14. The highest BCUT2D eigenvalue weighted by atomic mass is 35.5. The molecule has 0 spiro atoms. The molecular formula is C19H20Cl2N2O3S2. The molecule has 2 aromatic carbocycles. The van der Waals surface area contributed by atoms with Gasteiger partial charge >= 0.3 is 0 Å². The van der Waals surface area contributed by atoms with Crippen molar-refractivity contribution >= 4 is 56.6 Å². The van der Waals surface area contributed by atoms with E-state index in [1.807, 2.05) is 6.26 Å². The van der Waals surface area contributed by atoms with Crippen LogP contribution in [0.2, 0.25) is 10.0 Å². The third-order valence-corrected chi connectivity index (χ3v) is 7.24. The maximum Gasteiger partial charge on any atom is 0.261 e. The van der Waals surface area contributed by atoms with Gasteiger partial charge in [-0.1, -0.05) is 23.2 Å². The average Bonchev–Trinajstić information content (AvgIpc) is 2.69. The summed E-state index contributed by atoms with van der Waals surface area (Å²) >= 11 is 13.4. The average molecular weight is 459 g/mol. The number of likely N-dealkylation sites (tertiary alicyclic amines) is 1. The lowest BCUT2D eigenvalue weighted by atomic mass is 10.1. The third-order valence-electron chi connectivity index (χ3n) is 4.53. The minimum atomic E-state index is -3.92. The van der Waals surface area contributed by atoms with Crippen molar-refractivity contribution < 1.29 is 13.2 Å². The normalized spacial score (nSPS) is 14.8. The Balaban J connectivity index is 1.94. The number of piperidine rings is 1. The highest BCUT2D eigenvalue weighted by Gasteiger charge is 2.24. The van der Waals surface area contributed by atoms with E-state index in [1.165, 1.54) is 36.0 Å². The van der Waals surface area contributed by atoms with E-state index in [0.717, 1.165) is 24.2 Å². The zero-order valence-electron chi connectivity index (χ0n) is 15.2. The predicted molar refractivity (Wildman–Crippen MR) is 115 cm³/mol. The van der Waals surface area contributed by atoms with Crippen LogP contribution < -0.4 is 4.72 Å². The number of hydrogen-bond acceptors (Lipinski definition) is 4. The summed E-state index contributed by atoms with van der Waals surface area (Å²) in [5.41, 5.74) is 0.628. The van der Waals surface area contributed by atoms with Crippen molar-refractivity contribution in [3.8, 4) is 0 Å². The van der Waals surface area contributed by atoms with Gasteiger partial charge in [0.2, 0.25) is 0 Å². The Kier molecular flexibility index (Phi) is 6.81. The Bertz CT molecular complexity index is 991. The Labute approximate surface area is 179 Å². The monoisotopic (exact) mass is 458 g/mol. The van der Waals surface area contributed by atoms with Gasteiger partial charge in [-0.15, -0.1) is 11.8 Å². The highest BCUT2D eigenvalue weighted by molar-refractivity contribution is 7.98. The number of anilines is 1. The van der Waals surface area contributed by atoms with Gasteiger partial charge in [-0.2, -0.15) is 0 Å². The van der Waals surface area contributed by atoms with Crippen LogP contribution in [0.1, 0.15) is 29.6 Å². The van der Waals surface area contributed by atoms with Gasteiger partial charge in [-0.3, -0.25) is 9.52 Å². The molecule has 2 aromatic rings. The quantitative estimate of drug-likeness (QED) is 0.629. The van der Waals surface area contributed by atoms with Gasteiger partial charge in [0.15, 0.2) is 0 Å². The van der Waals surface area contributed by atoms with Crippen molar-refractivity contribution in [3.63, 3.8) is 0 Å². The van der Waals surface area contributed by atoms with Gasteiger partial charge in [0.05, 0.1) is 21.2 Å². The minimum absolute atomic E-state index is 0.0108. The summed E-state index contributed by atoms with van der Waals surface area (Å²) in [6.45, 7) is 1.39. The molecule has 1 heterocycles. The number of benzene rings is 2. The van der Waals surface area contributed by atoms with Crippen LogP contribution in [0.25, 0.3) is 0 Å². The molecule has 1 aliphatic heterocycles. The maximum absolute atomic E-state index is 13.0. The van der Waals surface area contributed by atoms with Crippen LogP contribution >= 0.6 is 35.0 Å². The maximum atomic E-state index is 13.0. The van der Waals surface area contributed by atoms with E-state index in [4.69, 9.17) is 23.2 Å². The summed E-state index contributed by atoms with van der Waals surface area (Å²) in [5, 5.41) is 0.605. The van der Waals surface area contributed by atoms with E-state index in [-0.39, 0.29) is 21.5 Å². The summed E-state index contributed by atoms with van der Waals surface area (Å²) in [6.07, 6.45) is 4.91. The van der Waals surface area contributed by atoms with Crippen molar-refractivity contribution in [3.05, 3.63) is 52.0 Å². The fourth-order valence-electron chi connectivity index (χ4n) is 3.06. The number of carbonyl (C=O) groups excluding carboxylic acids is 1. The standard InChI is InChI=1S/C19H20Cl2N2O3S2/c1-27-18-8-6-14(12-15(18)19(24)23-9-3-2-4-10-23)28(25,26)22-17-7-5-13(20)11-16(17)21/h5-8,11-12,22H,2-4,9-10H2,1H3. The number of amides is 1. The first-order valence-electron chi connectivity index (χ1n) is 8.77. The van der Waals surface area contributed by atoms with Crippen LogP contribution in [-0.4, -0.2) is 38.6 Å². The second-order valence-electron chi connectivity index (χ2n) is 6.44. The molecule has 1 aliphatic rings. The Hall–Kier alpha value is -1.41. The summed E-state index contributed by atoms with van der Waals surface area (Å²) < 4.78 is 28.2. The zero-order valence-corrected chi connectivity index (χ0v) is 18.4. The number of sulfonamides is 1. The van der Waals surface area contributed by atoms with Crippen LogP contribution in [0.15, 0.2) is 46.2 Å². The molecule has 28 heavy (non-hydrogen) atoms. The zero-order chi connectivity index (χ0) is 20.3. The molecule has 0 unspecified atom stereocenters. The Morgan fingerprint density at radius 2 is 1.79 bits per heavy atom. The number of carbonyl (C=O) groups is 1. The molecular weight excluding hydrogens is 439 g/mol. The molecule has 1 amide bonds. The van der Waals surface area contributed by atoms with Gasteiger partial charge < -0.3 is 4.90 Å². The molecule has 0 bridgehead atoms. The lowest BCUT2D eigenvalue weighted by Crippen LogP contribution is -2.36. The molecule has 3 rings (SSSR count). The first-order valence-corrected chi connectivity index (χ1v) is 12.2. The van der Waals surface area contributed by atoms with Crippen LogP contribution in [0.3, 0.4) is 0 Å². The van der Waals surface area contributed by atoms with Crippen LogP contribution in [0.5, 0.6) is 0 Å². The second-order valence-corrected chi connectivity index (χ2v) is 9.82. The fourth-order valence-corrected chi connectivity index (χ4v) is 5.25. The number of thioether (sulfide) groups is 1. The third kappa shape index (κ3) is 4.76. The van der Waals surface area contributed by atoms with Gasteiger partial charge in [0.1, 0.15) is 0 Å². The molecule has 0 aliphatic carbocycles. The van der Waals surface area contributed by atoms with Crippen molar-refractivity contribution in [1.29, 1.82) is 0 Å². The number of rotatable bonds is 5. The van der Waals surface area contributed by atoms with Gasteiger partial charge in [0, 0.05) is 23.0 Å². The highest BCUT2D eigenvalue weighted by Crippen LogP contribution is 2.30. The van der Waals surface area contributed by atoms with Crippen LogP contribution in [0, 0.1) is 0 Å². The smallest absolute Gasteiger partial charge is 0.261 e. The number of halogens is 2. The van der Waals surface area contributed by atoms with Crippen LogP contribution in [0.4, 0.5) is 5.69 Å². The van der Waals surface area contributed by atoms with E-state index in [0.29, 0.717) is 23.7 Å². The van der Waals surface area contributed by atoms with E-state index in [1.54, 1.807) is 17.0 Å².